The fourth-order valence-electron chi connectivity index (χ4n) is 4.54. The van der Waals surface area contributed by atoms with Gasteiger partial charge in [-0.05, 0) is 41.3 Å². The minimum absolute atomic E-state index is 0.0578. The number of aromatic nitrogens is 1. The fraction of sp³-hybridized carbons (Fsp3) is 0.370. The van der Waals surface area contributed by atoms with Crippen molar-refractivity contribution in [2.75, 3.05) is 5.75 Å². The van der Waals surface area contributed by atoms with E-state index in [9.17, 15) is 13.2 Å². The van der Waals surface area contributed by atoms with Crippen molar-refractivity contribution in [1.82, 2.24) is 9.88 Å². The number of nitriles is 1. The molecule has 1 atom stereocenters. The Hall–Kier alpha value is -2.86. The molecule has 2 aromatic carbocycles. The van der Waals surface area contributed by atoms with Crippen molar-refractivity contribution in [3.8, 4) is 6.07 Å². The summed E-state index contributed by atoms with van der Waals surface area (Å²) < 4.78 is 24.0. The molecule has 0 spiro atoms. The standard InChI is InChI=1S/C27H29N3O3S2/c1-4-35(32,33)23-11-9-19(10-12-23)13-22(31)14-25-29-26-24(34-25)17-30(27(26)18(2)3)16-21-7-5-20(15-28)6-8-21/h5-12,18,27H,4,13-14,16-17H2,1-3H3/t27-/m1/s1. The molecule has 0 saturated heterocycles. The van der Waals surface area contributed by atoms with E-state index in [1.807, 2.05) is 24.3 Å². The second-order valence-electron chi connectivity index (χ2n) is 9.26. The number of benzene rings is 2. The zero-order chi connectivity index (χ0) is 25.2. The van der Waals surface area contributed by atoms with E-state index < -0.39 is 9.84 Å². The molecule has 182 valence electrons. The molecule has 6 nitrogen and oxygen atoms in total. The summed E-state index contributed by atoms with van der Waals surface area (Å²) in [5.74, 6) is 0.500. The van der Waals surface area contributed by atoms with E-state index in [0.29, 0.717) is 11.5 Å². The summed E-state index contributed by atoms with van der Waals surface area (Å²) in [7, 11) is -3.24. The first-order chi connectivity index (χ1) is 16.7. The minimum atomic E-state index is -3.24. The van der Waals surface area contributed by atoms with Gasteiger partial charge in [0, 0.05) is 24.4 Å². The van der Waals surface area contributed by atoms with Crippen molar-refractivity contribution in [3.05, 3.63) is 80.8 Å². The number of carbonyl (C=O) groups excluding carboxylic acids is 1. The summed E-state index contributed by atoms with van der Waals surface area (Å²) in [6, 6.07) is 16.7. The molecule has 3 aromatic rings. The number of carbonyl (C=O) groups is 1. The third-order valence-corrected chi connectivity index (χ3v) is 9.11. The number of nitrogens with zero attached hydrogens (tertiary/aromatic N) is 3. The summed E-state index contributed by atoms with van der Waals surface area (Å²) in [5, 5.41) is 9.87. The number of thiazole rings is 1. The molecule has 0 fully saturated rings. The van der Waals surface area contributed by atoms with Crippen molar-refractivity contribution in [1.29, 1.82) is 5.26 Å². The van der Waals surface area contributed by atoms with Crippen molar-refractivity contribution in [2.45, 2.75) is 57.6 Å². The Morgan fingerprint density at radius 1 is 1.11 bits per heavy atom. The van der Waals surface area contributed by atoms with Crippen molar-refractivity contribution < 1.29 is 13.2 Å². The number of hydrogen-bond acceptors (Lipinski definition) is 7. The number of rotatable bonds is 9. The van der Waals surface area contributed by atoms with E-state index in [-0.39, 0.29) is 35.3 Å². The van der Waals surface area contributed by atoms with Gasteiger partial charge in [0.2, 0.25) is 0 Å². The highest BCUT2D eigenvalue weighted by molar-refractivity contribution is 7.91. The summed E-state index contributed by atoms with van der Waals surface area (Å²) in [4.78, 5) is 21.5. The number of fused-ring (bicyclic) bond motifs is 1. The third kappa shape index (κ3) is 5.69. The van der Waals surface area contributed by atoms with Crippen molar-refractivity contribution in [2.24, 2.45) is 5.92 Å². The van der Waals surface area contributed by atoms with Crippen LogP contribution in [0.25, 0.3) is 0 Å². The first-order valence-corrected chi connectivity index (χ1v) is 14.2. The molecule has 2 heterocycles. The van der Waals surface area contributed by atoms with Crippen LogP contribution >= 0.6 is 11.3 Å². The normalized spacial score (nSPS) is 15.8. The van der Waals surface area contributed by atoms with Crippen LogP contribution in [0.2, 0.25) is 0 Å². The van der Waals surface area contributed by atoms with Crippen LogP contribution in [0.3, 0.4) is 0 Å². The summed E-state index contributed by atoms with van der Waals surface area (Å²) >= 11 is 1.62. The molecular formula is C27H29N3O3S2. The van der Waals surface area contributed by atoms with Gasteiger partial charge in [0.05, 0.1) is 40.4 Å². The molecule has 1 aromatic heterocycles. The van der Waals surface area contributed by atoms with Gasteiger partial charge in [-0.3, -0.25) is 9.69 Å². The number of Topliss-reactive ketones (excluding diaryl/α,β-unsaturated/α-hetero) is 1. The Bertz CT molecular complexity index is 1350. The first-order valence-electron chi connectivity index (χ1n) is 11.7. The second kappa shape index (κ2) is 10.4. The molecule has 0 radical (unpaired) electrons. The lowest BCUT2D eigenvalue weighted by Crippen LogP contribution is -2.26. The molecule has 1 aliphatic rings. The maximum absolute atomic E-state index is 12.7. The van der Waals surface area contributed by atoms with Gasteiger partial charge in [-0.1, -0.05) is 45.0 Å². The maximum Gasteiger partial charge on any atom is 0.178 e. The molecule has 0 amide bonds. The quantitative estimate of drug-likeness (QED) is 0.410. The first kappa shape index (κ1) is 25.2. The largest absolute Gasteiger partial charge is 0.299 e. The van der Waals surface area contributed by atoms with Crippen LogP contribution in [0.15, 0.2) is 53.4 Å². The lowest BCUT2D eigenvalue weighted by atomic mass is 10.0. The molecule has 0 aliphatic carbocycles. The van der Waals surface area contributed by atoms with E-state index in [1.54, 1.807) is 42.5 Å². The molecule has 1 aliphatic heterocycles. The van der Waals surface area contributed by atoms with Gasteiger partial charge in [-0.25, -0.2) is 13.4 Å². The number of ketones is 1. The topological polar surface area (TPSA) is 91.1 Å². The predicted molar refractivity (Wildman–Crippen MR) is 137 cm³/mol. The Morgan fingerprint density at radius 3 is 2.37 bits per heavy atom. The predicted octanol–water partition coefficient (Wildman–Crippen LogP) is 4.88. The van der Waals surface area contributed by atoms with Gasteiger partial charge in [0.15, 0.2) is 9.84 Å². The van der Waals surface area contributed by atoms with Crippen LogP contribution in [-0.4, -0.2) is 29.8 Å². The lowest BCUT2D eigenvalue weighted by Gasteiger charge is -2.27. The lowest BCUT2D eigenvalue weighted by molar-refractivity contribution is -0.117. The van der Waals surface area contributed by atoms with Crippen LogP contribution in [-0.2, 0) is 40.6 Å². The van der Waals surface area contributed by atoms with Crippen molar-refractivity contribution in [3.63, 3.8) is 0 Å². The Labute approximate surface area is 211 Å². The average Bonchev–Trinajstić information content (AvgIpc) is 3.36. The van der Waals surface area contributed by atoms with Crippen LogP contribution in [0.5, 0.6) is 0 Å². The number of hydrogen-bond donors (Lipinski definition) is 0. The minimum Gasteiger partial charge on any atom is -0.299 e. The van der Waals surface area contributed by atoms with Gasteiger partial charge in [0.25, 0.3) is 0 Å². The van der Waals surface area contributed by atoms with Crippen LogP contribution < -0.4 is 0 Å². The molecule has 0 unspecified atom stereocenters. The second-order valence-corrected chi connectivity index (χ2v) is 12.7. The van der Waals surface area contributed by atoms with Gasteiger partial charge < -0.3 is 0 Å². The Morgan fingerprint density at radius 2 is 1.77 bits per heavy atom. The Balaban J connectivity index is 1.41. The highest BCUT2D eigenvalue weighted by Crippen LogP contribution is 2.42. The smallest absolute Gasteiger partial charge is 0.178 e. The van der Waals surface area contributed by atoms with Crippen molar-refractivity contribution >= 4 is 27.0 Å². The monoisotopic (exact) mass is 507 g/mol. The molecule has 0 saturated carbocycles. The highest BCUT2D eigenvalue weighted by atomic mass is 32.2. The average molecular weight is 508 g/mol. The van der Waals surface area contributed by atoms with E-state index in [0.717, 1.165) is 34.9 Å². The summed E-state index contributed by atoms with van der Waals surface area (Å²) in [6.07, 6.45) is 0.544. The SMILES string of the molecule is CCS(=O)(=O)c1ccc(CC(=O)Cc2nc3c(s2)CN(Cc2ccc(C#N)cc2)[C@@H]3C(C)C)cc1. The maximum atomic E-state index is 12.7. The molecule has 0 bridgehead atoms. The van der Waals surface area contributed by atoms with Gasteiger partial charge in [-0.2, -0.15) is 5.26 Å². The summed E-state index contributed by atoms with van der Waals surface area (Å²) in [5.41, 5.74) is 3.71. The molecule has 0 N–H and O–H groups in total. The van der Waals surface area contributed by atoms with Gasteiger partial charge in [0.1, 0.15) is 10.8 Å². The number of sulfone groups is 1. The molecular weight excluding hydrogens is 478 g/mol. The van der Waals surface area contributed by atoms with E-state index in [4.69, 9.17) is 10.2 Å². The zero-order valence-corrected chi connectivity index (χ0v) is 21.8. The molecule has 8 heteroatoms. The Kier molecular flexibility index (Phi) is 7.50. The summed E-state index contributed by atoms with van der Waals surface area (Å²) in [6.45, 7) is 7.59. The van der Waals surface area contributed by atoms with Crippen LogP contribution in [0.1, 0.15) is 59.1 Å². The molecule has 35 heavy (non-hydrogen) atoms. The highest BCUT2D eigenvalue weighted by Gasteiger charge is 2.36. The zero-order valence-electron chi connectivity index (χ0n) is 20.2. The molecule has 4 rings (SSSR count). The van der Waals surface area contributed by atoms with Crippen LogP contribution in [0.4, 0.5) is 0 Å². The van der Waals surface area contributed by atoms with Crippen LogP contribution in [0, 0.1) is 17.2 Å². The third-order valence-electron chi connectivity index (χ3n) is 6.30. The van der Waals surface area contributed by atoms with Gasteiger partial charge >= 0.3 is 0 Å². The fourth-order valence-corrected chi connectivity index (χ4v) is 6.59. The van der Waals surface area contributed by atoms with E-state index in [1.165, 1.54) is 4.88 Å². The van der Waals surface area contributed by atoms with Gasteiger partial charge in [-0.15, -0.1) is 11.3 Å². The van der Waals surface area contributed by atoms with E-state index in [2.05, 4.69) is 24.8 Å². The van der Waals surface area contributed by atoms with E-state index >= 15 is 0 Å².